The van der Waals surface area contributed by atoms with Gasteiger partial charge in [-0.3, -0.25) is 0 Å². The lowest BCUT2D eigenvalue weighted by molar-refractivity contribution is 0.0472. The first-order valence-corrected chi connectivity index (χ1v) is 5.75. The van der Waals surface area contributed by atoms with Crippen LogP contribution in [-0.2, 0) is 4.74 Å². The van der Waals surface area contributed by atoms with Crippen molar-refractivity contribution >= 4 is 6.09 Å². The molecule has 0 aliphatic carbocycles. The predicted molar refractivity (Wildman–Crippen MR) is 66.5 cm³/mol. The topological polar surface area (TPSA) is 74.2 Å². The molecule has 2 N–H and O–H groups in total. The molecule has 0 aromatic rings. The molecular formula is C12H23N3O2. The van der Waals surface area contributed by atoms with Gasteiger partial charge in [0, 0.05) is 19.5 Å². The summed E-state index contributed by atoms with van der Waals surface area (Å²) in [6.45, 7) is 10.5. The van der Waals surface area contributed by atoms with Crippen LogP contribution in [0.4, 0.5) is 4.79 Å². The van der Waals surface area contributed by atoms with Gasteiger partial charge in [-0.1, -0.05) is 0 Å². The van der Waals surface area contributed by atoms with Crippen LogP contribution in [0.25, 0.3) is 0 Å². The maximum atomic E-state index is 11.5. The summed E-state index contributed by atoms with van der Waals surface area (Å²) < 4.78 is 5.17. The molecule has 98 valence electrons. The largest absolute Gasteiger partial charge is 0.444 e. The van der Waals surface area contributed by atoms with Gasteiger partial charge in [-0.2, -0.15) is 5.26 Å². The van der Waals surface area contributed by atoms with Crippen molar-refractivity contribution in [1.29, 1.82) is 5.26 Å². The second-order valence-electron chi connectivity index (χ2n) is 5.60. The van der Waals surface area contributed by atoms with Crippen molar-refractivity contribution < 1.29 is 9.53 Å². The molecule has 0 aliphatic heterocycles. The number of amides is 1. The van der Waals surface area contributed by atoms with Crippen LogP contribution in [0.2, 0.25) is 0 Å². The van der Waals surface area contributed by atoms with Crippen LogP contribution in [0.15, 0.2) is 0 Å². The third-order valence-corrected chi connectivity index (χ3v) is 1.82. The molecule has 0 fully saturated rings. The van der Waals surface area contributed by atoms with Gasteiger partial charge in [0.15, 0.2) is 0 Å². The molecule has 0 aliphatic rings. The van der Waals surface area contributed by atoms with Crippen LogP contribution in [0.5, 0.6) is 0 Å². The molecule has 0 atom stereocenters. The number of alkyl carbamates (subject to hydrolysis) is 1. The molecule has 0 bridgehead atoms. The second-order valence-corrected chi connectivity index (χ2v) is 5.60. The summed E-state index contributed by atoms with van der Waals surface area (Å²) in [5, 5.41) is 14.3. The zero-order valence-corrected chi connectivity index (χ0v) is 11.4. The molecule has 0 saturated carbocycles. The minimum Gasteiger partial charge on any atom is -0.444 e. The Balaban J connectivity index is 3.99. The molecule has 0 heterocycles. The standard InChI is InChI=1S/C12H23N3O2/c1-11(2,3)17-10(16)15-12(4,5)9-14-8-6-7-13/h14H,6,8-9H2,1-5H3,(H,15,16). The summed E-state index contributed by atoms with van der Waals surface area (Å²) >= 11 is 0. The smallest absolute Gasteiger partial charge is 0.408 e. The SMILES string of the molecule is CC(C)(CNCCC#N)NC(=O)OC(C)(C)C. The third-order valence-electron chi connectivity index (χ3n) is 1.82. The van der Waals surface area contributed by atoms with Gasteiger partial charge in [0.1, 0.15) is 5.60 Å². The Morgan fingerprint density at radius 3 is 2.35 bits per heavy atom. The summed E-state index contributed by atoms with van der Waals surface area (Å²) in [7, 11) is 0. The van der Waals surface area contributed by atoms with Crippen molar-refractivity contribution in [2.24, 2.45) is 0 Å². The molecule has 0 saturated heterocycles. The van der Waals surface area contributed by atoms with Crippen molar-refractivity contribution in [2.75, 3.05) is 13.1 Å². The van der Waals surface area contributed by atoms with E-state index in [0.717, 1.165) is 0 Å². The first-order chi connectivity index (χ1) is 7.66. The predicted octanol–water partition coefficient (Wildman–Crippen LogP) is 1.79. The van der Waals surface area contributed by atoms with E-state index in [-0.39, 0.29) is 0 Å². The summed E-state index contributed by atoms with van der Waals surface area (Å²) in [5.74, 6) is 0. The van der Waals surface area contributed by atoms with Gasteiger partial charge >= 0.3 is 6.09 Å². The lowest BCUT2D eigenvalue weighted by Gasteiger charge is -2.28. The monoisotopic (exact) mass is 241 g/mol. The van der Waals surface area contributed by atoms with E-state index in [0.29, 0.717) is 19.5 Å². The Morgan fingerprint density at radius 2 is 1.88 bits per heavy atom. The molecule has 0 unspecified atom stereocenters. The quantitative estimate of drug-likeness (QED) is 0.720. The number of nitriles is 1. The van der Waals surface area contributed by atoms with Crippen LogP contribution in [0, 0.1) is 11.3 Å². The maximum absolute atomic E-state index is 11.5. The average molecular weight is 241 g/mol. The number of carbonyl (C=O) groups is 1. The van der Waals surface area contributed by atoms with E-state index in [1.54, 1.807) is 0 Å². The molecule has 5 heteroatoms. The van der Waals surface area contributed by atoms with Crippen molar-refractivity contribution in [3.05, 3.63) is 0 Å². The zero-order valence-electron chi connectivity index (χ0n) is 11.4. The second kappa shape index (κ2) is 6.45. The Kier molecular flexibility index (Phi) is 5.97. The van der Waals surface area contributed by atoms with E-state index in [9.17, 15) is 4.79 Å². The van der Waals surface area contributed by atoms with Crippen LogP contribution in [0.1, 0.15) is 41.0 Å². The Morgan fingerprint density at radius 1 is 1.29 bits per heavy atom. The Bertz CT molecular complexity index is 287. The fraction of sp³-hybridized carbons (Fsp3) is 0.833. The molecule has 1 amide bonds. The number of carbonyl (C=O) groups excluding carboxylic acids is 1. The summed E-state index contributed by atoms with van der Waals surface area (Å²) in [6, 6.07) is 2.05. The maximum Gasteiger partial charge on any atom is 0.408 e. The molecule has 0 aromatic heterocycles. The number of rotatable bonds is 5. The van der Waals surface area contributed by atoms with Gasteiger partial charge in [-0.15, -0.1) is 0 Å². The fourth-order valence-electron chi connectivity index (χ4n) is 1.17. The van der Waals surface area contributed by atoms with Gasteiger partial charge < -0.3 is 15.4 Å². The molecule has 5 nitrogen and oxygen atoms in total. The van der Waals surface area contributed by atoms with Gasteiger partial charge in [0.25, 0.3) is 0 Å². The Hall–Kier alpha value is -1.28. The van der Waals surface area contributed by atoms with Crippen LogP contribution < -0.4 is 10.6 Å². The average Bonchev–Trinajstić information content (AvgIpc) is 2.08. The van der Waals surface area contributed by atoms with Crippen LogP contribution in [-0.4, -0.2) is 30.3 Å². The normalized spacial score (nSPS) is 11.8. The minimum absolute atomic E-state index is 0.405. The fourth-order valence-corrected chi connectivity index (χ4v) is 1.17. The number of hydrogen-bond donors (Lipinski definition) is 2. The third kappa shape index (κ3) is 9.64. The van der Waals surface area contributed by atoms with Crippen molar-refractivity contribution in [1.82, 2.24) is 10.6 Å². The highest BCUT2D eigenvalue weighted by molar-refractivity contribution is 5.68. The molecule has 0 radical (unpaired) electrons. The number of nitrogens with zero attached hydrogens (tertiary/aromatic N) is 1. The number of ether oxygens (including phenoxy) is 1. The van der Waals surface area contributed by atoms with Crippen LogP contribution >= 0.6 is 0 Å². The number of nitrogens with one attached hydrogen (secondary N) is 2. The van der Waals surface area contributed by atoms with E-state index in [4.69, 9.17) is 10.00 Å². The van der Waals surface area contributed by atoms with E-state index in [2.05, 4.69) is 16.7 Å². The van der Waals surface area contributed by atoms with Gasteiger partial charge in [0.05, 0.1) is 11.6 Å². The van der Waals surface area contributed by atoms with E-state index in [1.807, 2.05) is 34.6 Å². The summed E-state index contributed by atoms with van der Waals surface area (Å²) in [5.41, 5.74) is -0.897. The van der Waals surface area contributed by atoms with Crippen LogP contribution in [0.3, 0.4) is 0 Å². The van der Waals surface area contributed by atoms with E-state index >= 15 is 0 Å². The van der Waals surface area contributed by atoms with E-state index < -0.39 is 17.2 Å². The summed E-state index contributed by atoms with van der Waals surface area (Å²) in [4.78, 5) is 11.5. The molecule has 17 heavy (non-hydrogen) atoms. The zero-order chi connectivity index (χ0) is 13.5. The molecule has 0 spiro atoms. The summed E-state index contributed by atoms with van der Waals surface area (Å²) in [6.07, 6.45) is 0.0345. The van der Waals surface area contributed by atoms with Crippen molar-refractivity contribution in [3.63, 3.8) is 0 Å². The lowest BCUT2D eigenvalue weighted by atomic mass is 10.1. The van der Waals surface area contributed by atoms with Crippen molar-refractivity contribution in [3.8, 4) is 6.07 Å². The van der Waals surface area contributed by atoms with E-state index in [1.165, 1.54) is 0 Å². The van der Waals surface area contributed by atoms with Gasteiger partial charge in [0.2, 0.25) is 0 Å². The Labute approximate surface area is 104 Å². The van der Waals surface area contributed by atoms with Gasteiger partial charge in [-0.05, 0) is 34.6 Å². The molecular weight excluding hydrogens is 218 g/mol. The lowest BCUT2D eigenvalue weighted by Crippen LogP contribution is -2.51. The first kappa shape index (κ1) is 15.7. The highest BCUT2D eigenvalue weighted by atomic mass is 16.6. The first-order valence-electron chi connectivity index (χ1n) is 5.75. The molecule has 0 rings (SSSR count). The minimum atomic E-state index is -0.492. The highest BCUT2D eigenvalue weighted by Gasteiger charge is 2.23. The van der Waals surface area contributed by atoms with Crippen molar-refractivity contribution in [2.45, 2.75) is 52.2 Å². The number of hydrogen-bond acceptors (Lipinski definition) is 4. The highest BCUT2D eigenvalue weighted by Crippen LogP contribution is 2.08. The molecule has 0 aromatic carbocycles. The van der Waals surface area contributed by atoms with Gasteiger partial charge in [-0.25, -0.2) is 4.79 Å².